The van der Waals surface area contributed by atoms with Crippen molar-refractivity contribution in [3.05, 3.63) is 35.4 Å². The molecule has 0 saturated heterocycles. The molecule has 0 amide bonds. The summed E-state index contributed by atoms with van der Waals surface area (Å²) in [7, 11) is 0. The number of aliphatic hydroxyl groups is 1. The Bertz CT molecular complexity index is 338. The van der Waals surface area contributed by atoms with E-state index in [4.69, 9.17) is 4.74 Å². The van der Waals surface area contributed by atoms with Crippen LogP contribution in [0, 0.1) is 0 Å². The van der Waals surface area contributed by atoms with Crippen LogP contribution in [0.2, 0.25) is 0 Å². The van der Waals surface area contributed by atoms with Gasteiger partial charge in [0.2, 0.25) is 0 Å². The summed E-state index contributed by atoms with van der Waals surface area (Å²) in [5, 5.41) is 10.3. The van der Waals surface area contributed by atoms with Crippen molar-refractivity contribution in [3.8, 4) is 0 Å². The van der Waals surface area contributed by atoms with E-state index >= 15 is 0 Å². The molecule has 96 valence electrons. The third kappa shape index (κ3) is 3.55. The number of benzene rings is 1. The second-order valence-electron chi connectivity index (χ2n) is 5.26. The van der Waals surface area contributed by atoms with E-state index in [1.54, 1.807) is 0 Å². The predicted octanol–water partition coefficient (Wildman–Crippen LogP) is 3.66. The van der Waals surface area contributed by atoms with E-state index in [-0.39, 0.29) is 0 Å². The van der Waals surface area contributed by atoms with Gasteiger partial charge in [-0.05, 0) is 37.8 Å². The lowest BCUT2D eigenvalue weighted by Crippen LogP contribution is -2.32. The summed E-state index contributed by atoms with van der Waals surface area (Å²) in [5.74, 6) is 0.515. The Morgan fingerprint density at radius 2 is 1.59 bits per heavy atom. The van der Waals surface area contributed by atoms with Crippen molar-refractivity contribution in [2.75, 3.05) is 6.61 Å². The van der Waals surface area contributed by atoms with Crippen LogP contribution in [0.4, 0.5) is 0 Å². The number of aliphatic hydroxyl groups excluding tert-OH is 1. The smallest absolute Gasteiger partial charge is 0.107 e. The lowest BCUT2D eigenvalue weighted by molar-refractivity contribution is -0.0983. The second kappa shape index (κ2) is 5.65. The Morgan fingerprint density at radius 3 is 2.00 bits per heavy atom. The van der Waals surface area contributed by atoms with Crippen LogP contribution in [0.25, 0.3) is 0 Å². The van der Waals surface area contributed by atoms with Gasteiger partial charge in [0.15, 0.2) is 0 Å². The van der Waals surface area contributed by atoms with E-state index < -0.39 is 11.7 Å². The molecule has 1 unspecified atom stereocenters. The predicted molar refractivity (Wildman–Crippen MR) is 71.2 cm³/mol. The van der Waals surface area contributed by atoms with Crippen LogP contribution in [-0.2, 0) is 4.74 Å². The molecule has 1 N–H and O–H groups in total. The van der Waals surface area contributed by atoms with Crippen molar-refractivity contribution in [1.82, 2.24) is 0 Å². The van der Waals surface area contributed by atoms with Crippen molar-refractivity contribution >= 4 is 0 Å². The number of ether oxygens (including phenoxy) is 1. The summed E-state index contributed by atoms with van der Waals surface area (Å²) < 4.78 is 5.57. The SMILES string of the molecule is CCOC(C)(C)C(O)c1ccc(C(C)C)cc1. The summed E-state index contributed by atoms with van der Waals surface area (Å²) in [6.07, 6.45) is -0.594. The lowest BCUT2D eigenvalue weighted by atomic mass is 9.92. The molecule has 0 spiro atoms. The minimum absolute atomic E-state index is 0.515. The molecule has 2 nitrogen and oxygen atoms in total. The molecule has 0 aliphatic rings. The summed E-state index contributed by atoms with van der Waals surface area (Å²) in [6, 6.07) is 8.12. The summed E-state index contributed by atoms with van der Waals surface area (Å²) in [6.45, 7) is 10.7. The van der Waals surface area contributed by atoms with Crippen molar-refractivity contribution in [1.29, 1.82) is 0 Å². The van der Waals surface area contributed by atoms with Gasteiger partial charge in [0.1, 0.15) is 6.10 Å². The van der Waals surface area contributed by atoms with Crippen LogP contribution in [0.3, 0.4) is 0 Å². The zero-order valence-corrected chi connectivity index (χ0v) is 11.5. The lowest BCUT2D eigenvalue weighted by Gasteiger charge is -2.30. The van der Waals surface area contributed by atoms with Crippen LogP contribution in [-0.4, -0.2) is 17.3 Å². The molecule has 1 aromatic rings. The van der Waals surface area contributed by atoms with Gasteiger partial charge < -0.3 is 9.84 Å². The van der Waals surface area contributed by atoms with E-state index in [0.717, 1.165) is 5.56 Å². The zero-order valence-electron chi connectivity index (χ0n) is 11.5. The van der Waals surface area contributed by atoms with Crippen molar-refractivity contribution < 1.29 is 9.84 Å². The van der Waals surface area contributed by atoms with Crippen LogP contribution in [0.15, 0.2) is 24.3 Å². The van der Waals surface area contributed by atoms with Gasteiger partial charge in [-0.1, -0.05) is 38.1 Å². The Kier molecular flexibility index (Phi) is 4.72. The highest BCUT2D eigenvalue weighted by molar-refractivity contribution is 5.27. The second-order valence-corrected chi connectivity index (χ2v) is 5.26. The zero-order chi connectivity index (χ0) is 13.1. The molecule has 0 fully saturated rings. The fourth-order valence-electron chi connectivity index (χ4n) is 1.92. The standard InChI is InChI=1S/C15H24O2/c1-6-17-15(4,5)14(16)13-9-7-12(8-10-13)11(2)3/h7-11,14,16H,6H2,1-5H3. The Morgan fingerprint density at radius 1 is 1.12 bits per heavy atom. The fourth-order valence-corrected chi connectivity index (χ4v) is 1.92. The first-order valence-electron chi connectivity index (χ1n) is 6.30. The maximum absolute atomic E-state index is 10.3. The molecule has 0 aromatic heterocycles. The minimum Gasteiger partial charge on any atom is -0.385 e. The van der Waals surface area contributed by atoms with E-state index in [0.29, 0.717) is 12.5 Å². The molecule has 17 heavy (non-hydrogen) atoms. The monoisotopic (exact) mass is 236 g/mol. The van der Waals surface area contributed by atoms with E-state index in [1.807, 2.05) is 32.9 Å². The molecular weight excluding hydrogens is 212 g/mol. The highest BCUT2D eigenvalue weighted by Crippen LogP contribution is 2.29. The molecule has 0 bridgehead atoms. The molecule has 0 heterocycles. The molecular formula is C15H24O2. The van der Waals surface area contributed by atoms with Crippen LogP contribution in [0.5, 0.6) is 0 Å². The van der Waals surface area contributed by atoms with Crippen molar-refractivity contribution in [2.24, 2.45) is 0 Å². The Hall–Kier alpha value is -0.860. The third-order valence-electron chi connectivity index (χ3n) is 3.09. The maximum Gasteiger partial charge on any atom is 0.107 e. The molecule has 0 aliphatic heterocycles. The van der Waals surface area contributed by atoms with E-state index in [1.165, 1.54) is 5.56 Å². The quantitative estimate of drug-likeness (QED) is 0.845. The van der Waals surface area contributed by atoms with Gasteiger partial charge in [0.05, 0.1) is 5.60 Å². The first-order chi connectivity index (χ1) is 7.88. The number of rotatable bonds is 5. The molecule has 1 aromatic carbocycles. The number of hydrogen-bond donors (Lipinski definition) is 1. The molecule has 0 aliphatic carbocycles. The molecule has 0 radical (unpaired) electrons. The van der Waals surface area contributed by atoms with Crippen LogP contribution >= 0.6 is 0 Å². The molecule has 2 heteroatoms. The minimum atomic E-state index is -0.594. The maximum atomic E-state index is 10.3. The van der Waals surface area contributed by atoms with Gasteiger partial charge in [-0.2, -0.15) is 0 Å². The Balaban J connectivity index is 2.86. The average Bonchev–Trinajstić information content (AvgIpc) is 2.28. The first-order valence-corrected chi connectivity index (χ1v) is 6.30. The van der Waals surface area contributed by atoms with Gasteiger partial charge >= 0.3 is 0 Å². The highest BCUT2D eigenvalue weighted by Gasteiger charge is 2.29. The van der Waals surface area contributed by atoms with Crippen molar-refractivity contribution in [2.45, 2.75) is 52.2 Å². The fraction of sp³-hybridized carbons (Fsp3) is 0.600. The third-order valence-corrected chi connectivity index (χ3v) is 3.09. The molecule has 1 rings (SSSR count). The first kappa shape index (κ1) is 14.2. The topological polar surface area (TPSA) is 29.5 Å². The summed E-state index contributed by atoms with van der Waals surface area (Å²) in [5.41, 5.74) is 1.65. The normalized spacial score (nSPS) is 14.1. The number of hydrogen-bond acceptors (Lipinski definition) is 2. The largest absolute Gasteiger partial charge is 0.385 e. The van der Waals surface area contributed by atoms with E-state index in [9.17, 15) is 5.11 Å². The average molecular weight is 236 g/mol. The van der Waals surface area contributed by atoms with Crippen molar-refractivity contribution in [3.63, 3.8) is 0 Å². The van der Waals surface area contributed by atoms with Gasteiger partial charge in [0, 0.05) is 6.61 Å². The van der Waals surface area contributed by atoms with Gasteiger partial charge in [-0.15, -0.1) is 0 Å². The van der Waals surface area contributed by atoms with E-state index in [2.05, 4.69) is 26.0 Å². The summed E-state index contributed by atoms with van der Waals surface area (Å²) in [4.78, 5) is 0. The van der Waals surface area contributed by atoms with Gasteiger partial charge in [0.25, 0.3) is 0 Å². The Labute approximate surface area is 105 Å². The van der Waals surface area contributed by atoms with Gasteiger partial charge in [-0.25, -0.2) is 0 Å². The van der Waals surface area contributed by atoms with Crippen LogP contribution in [0.1, 0.15) is 57.8 Å². The summed E-state index contributed by atoms with van der Waals surface area (Å²) >= 11 is 0. The van der Waals surface area contributed by atoms with Crippen LogP contribution < -0.4 is 0 Å². The highest BCUT2D eigenvalue weighted by atomic mass is 16.5. The van der Waals surface area contributed by atoms with Gasteiger partial charge in [-0.3, -0.25) is 0 Å². The molecule has 1 atom stereocenters. The molecule has 0 saturated carbocycles.